The van der Waals surface area contributed by atoms with Gasteiger partial charge in [0.25, 0.3) is 11.5 Å². The molecule has 0 aliphatic rings. The van der Waals surface area contributed by atoms with Gasteiger partial charge in [0.15, 0.2) is 10.8 Å². The van der Waals surface area contributed by atoms with Crippen LogP contribution in [0.5, 0.6) is 0 Å². The smallest absolute Gasteiger partial charge is 0.278 e. The van der Waals surface area contributed by atoms with Crippen LogP contribution in [-0.4, -0.2) is 20.7 Å². The number of anilines is 1. The summed E-state index contributed by atoms with van der Waals surface area (Å²) in [7, 11) is 0. The molecule has 29 heavy (non-hydrogen) atoms. The highest BCUT2D eigenvalue weighted by Crippen LogP contribution is 2.39. The molecule has 0 saturated heterocycles. The van der Waals surface area contributed by atoms with Gasteiger partial charge in [-0.05, 0) is 26.0 Å². The van der Waals surface area contributed by atoms with Crippen molar-refractivity contribution in [1.82, 2.24) is 14.8 Å². The van der Waals surface area contributed by atoms with Gasteiger partial charge in [-0.25, -0.2) is 9.67 Å². The van der Waals surface area contributed by atoms with Gasteiger partial charge in [0.1, 0.15) is 4.34 Å². The number of aromatic nitrogens is 3. The first-order valence-corrected chi connectivity index (χ1v) is 11.0. The molecule has 1 aromatic carbocycles. The molecular weight excluding hydrogens is 451 g/mol. The van der Waals surface area contributed by atoms with E-state index in [9.17, 15) is 9.59 Å². The number of benzene rings is 1. The summed E-state index contributed by atoms with van der Waals surface area (Å²) in [5.74, 6) is -0.439. The van der Waals surface area contributed by atoms with Crippen LogP contribution in [0.3, 0.4) is 0 Å². The molecule has 0 aliphatic carbocycles. The number of amides is 1. The third-order valence-corrected chi connectivity index (χ3v) is 6.44. The first-order chi connectivity index (χ1) is 13.8. The highest BCUT2D eigenvalue weighted by molar-refractivity contribution is 7.20. The Bertz CT molecular complexity index is 1290. The van der Waals surface area contributed by atoms with Gasteiger partial charge in [0.05, 0.1) is 21.5 Å². The molecule has 0 atom stereocenters. The highest BCUT2D eigenvalue weighted by atomic mass is 35.5. The predicted octanol–water partition coefficient (Wildman–Crippen LogP) is 5.72. The lowest BCUT2D eigenvalue weighted by Gasteiger charge is -2.12. The Labute approximate surface area is 183 Å². The van der Waals surface area contributed by atoms with Crippen molar-refractivity contribution < 1.29 is 4.79 Å². The standard InChI is InChI=1S/C19H14Cl2N4O2S2/c1-9(2)25-18(27)11-6-4-3-5-10(11)15(24-25)17(26)23-19-22-13(8-28-19)12-7-14(20)29-16(12)21/h3-9H,1-2H3,(H,22,23,26). The molecule has 0 unspecified atom stereocenters. The Hall–Kier alpha value is -2.26. The molecule has 0 radical (unpaired) electrons. The van der Waals surface area contributed by atoms with E-state index in [0.717, 1.165) is 5.56 Å². The molecule has 3 aromatic heterocycles. The Morgan fingerprint density at radius 2 is 1.93 bits per heavy atom. The average Bonchev–Trinajstić information content (AvgIpc) is 3.27. The largest absolute Gasteiger partial charge is 0.296 e. The van der Waals surface area contributed by atoms with Crippen molar-refractivity contribution >= 4 is 67.7 Å². The van der Waals surface area contributed by atoms with Crippen molar-refractivity contribution in [2.45, 2.75) is 19.9 Å². The predicted molar refractivity (Wildman–Crippen MR) is 120 cm³/mol. The van der Waals surface area contributed by atoms with Crippen LogP contribution in [0, 0.1) is 0 Å². The molecule has 4 rings (SSSR count). The Morgan fingerprint density at radius 3 is 2.59 bits per heavy atom. The van der Waals surface area contributed by atoms with Gasteiger partial charge in [-0.3, -0.25) is 14.9 Å². The molecule has 6 nitrogen and oxygen atoms in total. The van der Waals surface area contributed by atoms with Gasteiger partial charge < -0.3 is 0 Å². The highest BCUT2D eigenvalue weighted by Gasteiger charge is 2.19. The number of halogens is 2. The number of fused-ring (bicyclic) bond motifs is 1. The molecule has 0 saturated carbocycles. The van der Waals surface area contributed by atoms with Crippen molar-refractivity contribution in [3.8, 4) is 11.3 Å². The van der Waals surface area contributed by atoms with Crippen LogP contribution in [0.15, 0.2) is 40.5 Å². The Morgan fingerprint density at radius 1 is 1.21 bits per heavy atom. The molecule has 3 heterocycles. The molecule has 1 amide bonds. The van der Waals surface area contributed by atoms with E-state index in [1.54, 1.807) is 35.7 Å². The number of rotatable bonds is 4. The zero-order chi connectivity index (χ0) is 20.7. The summed E-state index contributed by atoms with van der Waals surface area (Å²) in [4.78, 5) is 30.0. The van der Waals surface area contributed by atoms with E-state index < -0.39 is 5.91 Å². The molecule has 0 fully saturated rings. The van der Waals surface area contributed by atoms with Crippen molar-refractivity contribution in [3.05, 3.63) is 60.4 Å². The maximum atomic E-state index is 13.0. The number of nitrogens with one attached hydrogen (secondary N) is 1. The SMILES string of the molecule is CC(C)n1nc(C(=O)Nc2nc(-c3cc(Cl)sc3Cl)cs2)c2ccccc2c1=O. The van der Waals surface area contributed by atoms with E-state index in [2.05, 4.69) is 15.4 Å². The fraction of sp³-hybridized carbons (Fsp3) is 0.158. The zero-order valence-electron chi connectivity index (χ0n) is 15.3. The molecule has 10 heteroatoms. The van der Waals surface area contributed by atoms with Crippen LogP contribution in [0.1, 0.15) is 30.4 Å². The summed E-state index contributed by atoms with van der Waals surface area (Å²) >= 11 is 14.7. The van der Waals surface area contributed by atoms with Crippen LogP contribution in [0.2, 0.25) is 8.67 Å². The van der Waals surface area contributed by atoms with E-state index in [4.69, 9.17) is 23.2 Å². The average molecular weight is 465 g/mol. The van der Waals surface area contributed by atoms with Gasteiger partial charge in [0, 0.05) is 16.3 Å². The lowest BCUT2D eigenvalue weighted by Crippen LogP contribution is -2.28. The summed E-state index contributed by atoms with van der Waals surface area (Å²) < 4.78 is 2.42. The van der Waals surface area contributed by atoms with Crippen molar-refractivity contribution in [2.75, 3.05) is 5.32 Å². The first-order valence-electron chi connectivity index (χ1n) is 8.58. The summed E-state index contributed by atoms with van der Waals surface area (Å²) in [5.41, 5.74) is 1.29. The summed E-state index contributed by atoms with van der Waals surface area (Å²) in [6, 6.07) is 8.49. The van der Waals surface area contributed by atoms with Crippen LogP contribution >= 0.6 is 45.9 Å². The number of carbonyl (C=O) groups is 1. The lowest BCUT2D eigenvalue weighted by molar-refractivity contribution is 0.102. The second kappa shape index (κ2) is 7.87. The number of hydrogen-bond donors (Lipinski definition) is 1. The fourth-order valence-corrected chi connectivity index (χ4v) is 5.04. The van der Waals surface area contributed by atoms with Gasteiger partial charge in [-0.1, -0.05) is 41.4 Å². The van der Waals surface area contributed by atoms with E-state index >= 15 is 0 Å². The van der Waals surface area contributed by atoms with Crippen molar-refractivity contribution in [1.29, 1.82) is 0 Å². The van der Waals surface area contributed by atoms with Gasteiger partial charge in [-0.2, -0.15) is 5.10 Å². The van der Waals surface area contributed by atoms with Crippen molar-refractivity contribution in [2.24, 2.45) is 0 Å². The minimum absolute atomic E-state index is 0.169. The van der Waals surface area contributed by atoms with E-state index in [0.29, 0.717) is 30.3 Å². The lowest BCUT2D eigenvalue weighted by atomic mass is 10.1. The van der Waals surface area contributed by atoms with Crippen molar-refractivity contribution in [3.63, 3.8) is 0 Å². The van der Waals surface area contributed by atoms with E-state index in [1.807, 2.05) is 13.8 Å². The monoisotopic (exact) mass is 464 g/mol. The normalized spacial score (nSPS) is 11.3. The Balaban J connectivity index is 1.71. The zero-order valence-corrected chi connectivity index (χ0v) is 18.4. The molecule has 4 aromatic rings. The summed E-state index contributed by atoms with van der Waals surface area (Å²) in [6.07, 6.45) is 0. The molecule has 148 valence electrons. The Kier molecular flexibility index (Phi) is 5.44. The van der Waals surface area contributed by atoms with Crippen LogP contribution in [0.4, 0.5) is 5.13 Å². The molecular formula is C19H14Cl2N4O2S2. The van der Waals surface area contributed by atoms with Crippen LogP contribution in [0.25, 0.3) is 22.0 Å². The number of nitrogens with zero attached hydrogens (tertiary/aromatic N) is 3. The third-order valence-electron chi connectivity index (χ3n) is 4.19. The van der Waals surface area contributed by atoms with Gasteiger partial charge in [0.2, 0.25) is 0 Å². The minimum Gasteiger partial charge on any atom is -0.296 e. The van der Waals surface area contributed by atoms with E-state index in [-0.39, 0.29) is 17.3 Å². The summed E-state index contributed by atoms with van der Waals surface area (Å²) in [6.45, 7) is 3.68. The topological polar surface area (TPSA) is 76.9 Å². The maximum Gasteiger partial charge on any atom is 0.278 e. The van der Waals surface area contributed by atoms with Crippen LogP contribution in [-0.2, 0) is 0 Å². The van der Waals surface area contributed by atoms with Gasteiger partial charge >= 0.3 is 0 Å². The van der Waals surface area contributed by atoms with E-state index in [1.165, 1.54) is 27.4 Å². The minimum atomic E-state index is -0.439. The molecule has 0 spiro atoms. The summed E-state index contributed by atoms with van der Waals surface area (Å²) in [5, 5.41) is 10.2. The fourth-order valence-electron chi connectivity index (χ4n) is 2.85. The molecule has 0 bridgehead atoms. The number of carbonyl (C=O) groups excluding carboxylic acids is 1. The maximum absolute atomic E-state index is 13.0. The van der Waals surface area contributed by atoms with Crippen LogP contribution < -0.4 is 10.9 Å². The molecule has 1 N–H and O–H groups in total. The molecule has 0 aliphatic heterocycles. The second-order valence-electron chi connectivity index (χ2n) is 6.47. The first kappa shape index (κ1) is 20.0. The second-order valence-corrected chi connectivity index (χ2v) is 9.61. The number of thiazole rings is 1. The van der Waals surface area contributed by atoms with Gasteiger partial charge in [-0.15, -0.1) is 22.7 Å². The number of thiophene rings is 1. The third kappa shape index (κ3) is 3.81. The number of hydrogen-bond acceptors (Lipinski definition) is 6. The quantitative estimate of drug-likeness (QED) is 0.418.